The summed E-state index contributed by atoms with van der Waals surface area (Å²) < 4.78 is 0. The second kappa shape index (κ2) is 11.5. The second-order valence-electron chi connectivity index (χ2n) is 10.0. The summed E-state index contributed by atoms with van der Waals surface area (Å²) in [6, 6.07) is 12.6. The van der Waals surface area contributed by atoms with Crippen LogP contribution in [0.3, 0.4) is 0 Å². The molecule has 0 aromatic heterocycles. The number of hydrogen-bond acceptors (Lipinski definition) is 5. The summed E-state index contributed by atoms with van der Waals surface area (Å²) in [6.07, 6.45) is 3.82. The lowest BCUT2D eigenvalue weighted by Crippen LogP contribution is -2.49. The second-order valence-corrected chi connectivity index (χ2v) is 10.5. The van der Waals surface area contributed by atoms with E-state index < -0.39 is 0 Å². The molecule has 37 heavy (non-hydrogen) atoms. The molecular formula is C28H34ClN5O3. The third kappa shape index (κ3) is 5.91. The Morgan fingerprint density at radius 1 is 0.811 bits per heavy atom. The summed E-state index contributed by atoms with van der Waals surface area (Å²) >= 11 is 6.08. The molecule has 0 spiro atoms. The van der Waals surface area contributed by atoms with Crippen molar-refractivity contribution >= 4 is 40.7 Å². The molecule has 0 bridgehead atoms. The summed E-state index contributed by atoms with van der Waals surface area (Å²) in [5.74, 6) is 0.0155. The van der Waals surface area contributed by atoms with Gasteiger partial charge in [-0.05, 0) is 62.2 Å². The van der Waals surface area contributed by atoms with Crippen LogP contribution >= 0.6 is 11.6 Å². The molecule has 2 aliphatic heterocycles. The molecule has 1 saturated carbocycles. The minimum Gasteiger partial charge on any atom is -0.366 e. The molecule has 2 heterocycles. The minimum absolute atomic E-state index is 0.00803. The highest BCUT2D eigenvalue weighted by Gasteiger charge is 2.29. The number of piperazine rings is 1. The van der Waals surface area contributed by atoms with Gasteiger partial charge >= 0.3 is 0 Å². The third-order valence-corrected chi connectivity index (χ3v) is 7.82. The van der Waals surface area contributed by atoms with Gasteiger partial charge in [-0.1, -0.05) is 24.1 Å². The summed E-state index contributed by atoms with van der Waals surface area (Å²) in [7, 11) is 0. The Balaban J connectivity index is 1.32. The van der Waals surface area contributed by atoms with Crippen molar-refractivity contribution in [3.8, 4) is 0 Å². The van der Waals surface area contributed by atoms with Crippen LogP contribution in [0.1, 0.15) is 46.4 Å². The highest BCUT2D eigenvalue weighted by atomic mass is 35.5. The van der Waals surface area contributed by atoms with E-state index in [0.29, 0.717) is 54.6 Å². The average molecular weight is 524 g/mol. The first kappa shape index (κ1) is 25.5. The maximum atomic E-state index is 13.3. The van der Waals surface area contributed by atoms with Crippen LogP contribution in [-0.4, -0.2) is 79.9 Å². The lowest BCUT2D eigenvalue weighted by Gasteiger charge is -2.37. The number of anilines is 2. The number of rotatable bonds is 5. The van der Waals surface area contributed by atoms with Gasteiger partial charge in [0.2, 0.25) is 5.91 Å². The Hall–Kier alpha value is -3.10. The number of hydrogen-bond donors (Lipinski definition) is 2. The first-order chi connectivity index (χ1) is 18.0. The van der Waals surface area contributed by atoms with E-state index in [1.165, 1.54) is 0 Å². The molecule has 3 amide bonds. The van der Waals surface area contributed by atoms with E-state index in [-0.39, 0.29) is 23.6 Å². The first-order valence-electron chi connectivity index (χ1n) is 13.2. The normalized spacial score (nSPS) is 18.7. The number of nitrogens with one attached hydrogen (secondary N) is 2. The van der Waals surface area contributed by atoms with E-state index in [2.05, 4.69) is 15.5 Å². The standard InChI is InChI=1S/C28H34ClN5O3/c29-23-7-2-6-21(18-23)27(36)34-16-14-32(15-17-34)25-9-8-22(28(37)33-12-3-10-30-11-13-33)19-24(25)31-26(35)20-4-1-5-20/h2,6-9,18-20,30H,1,3-5,10-17H2,(H,31,35). The molecule has 2 saturated heterocycles. The maximum absolute atomic E-state index is 13.3. The third-order valence-electron chi connectivity index (χ3n) is 7.58. The molecule has 2 N–H and O–H groups in total. The van der Waals surface area contributed by atoms with Gasteiger partial charge in [0.15, 0.2) is 0 Å². The SMILES string of the molecule is O=C(Nc1cc(C(=O)N2CCCNCC2)ccc1N1CCN(C(=O)c2cccc(Cl)c2)CC1)C1CCC1. The van der Waals surface area contributed by atoms with Gasteiger partial charge in [0, 0.05) is 67.9 Å². The van der Waals surface area contributed by atoms with Crippen LogP contribution in [-0.2, 0) is 4.79 Å². The van der Waals surface area contributed by atoms with Crippen molar-refractivity contribution in [2.24, 2.45) is 5.92 Å². The summed E-state index contributed by atoms with van der Waals surface area (Å²) in [5.41, 5.74) is 2.73. The zero-order valence-electron chi connectivity index (χ0n) is 21.0. The van der Waals surface area contributed by atoms with Crippen molar-refractivity contribution in [2.75, 3.05) is 62.6 Å². The zero-order valence-corrected chi connectivity index (χ0v) is 21.8. The molecule has 196 valence electrons. The van der Waals surface area contributed by atoms with Gasteiger partial charge < -0.3 is 25.3 Å². The monoisotopic (exact) mass is 523 g/mol. The largest absolute Gasteiger partial charge is 0.366 e. The average Bonchev–Trinajstić information content (AvgIpc) is 3.17. The van der Waals surface area contributed by atoms with Gasteiger partial charge in [-0.3, -0.25) is 14.4 Å². The van der Waals surface area contributed by atoms with E-state index in [4.69, 9.17) is 11.6 Å². The Bertz CT molecular complexity index is 1150. The fourth-order valence-corrected chi connectivity index (χ4v) is 5.33. The molecule has 0 atom stereocenters. The maximum Gasteiger partial charge on any atom is 0.254 e. The van der Waals surface area contributed by atoms with E-state index >= 15 is 0 Å². The number of amides is 3. The molecule has 8 nitrogen and oxygen atoms in total. The van der Waals surface area contributed by atoms with Crippen molar-refractivity contribution in [3.05, 3.63) is 58.6 Å². The Morgan fingerprint density at radius 3 is 2.24 bits per heavy atom. The topological polar surface area (TPSA) is 85.0 Å². The number of nitrogens with zero attached hydrogens (tertiary/aromatic N) is 3. The van der Waals surface area contributed by atoms with E-state index in [1.807, 2.05) is 28.0 Å². The highest BCUT2D eigenvalue weighted by Crippen LogP contribution is 2.32. The zero-order chi connectivity index (χ0) is 25.8. The van der Waals surface area contributed by atoms with Crippen LogP contribution in [0.4, 0.5) is 11.4 Å². The van der Waals surface area contributed by atoms with Crippen molar-refractivity contribution in [1.82, 2.24) is 15.1 Å². The molecule has 2 aromatic rings. The van der Waals surface area contributed by atoms with Gasteiger partial charge in [0.25, 0.3) is 11.8 Å². The lowest BCUT2D eigenvalue weighted by molar-refractivity contribution is -0.122. The molecular weight excluding hydrogens is 490 g/mol. The Morgan fingerprint density at radius 2 is 1.54 bits per heavy atom. The smallest absolute Gasteiger partial charge is 0.254 e. The molecule has 3 fully saturated rings. The molecule has 3 aliphatic rings. The van der Waals surface area contributed by atoms with Crippen LogP contribution < -0.4 is 15.5 Å². The fourth-order valence-electron chi connectivity index (χ4n) is 5.14. The van der Waals surface area contributed by atoms with Crippen molar-refractivity contribution in [2.45, 2.75) is 25.7 Å². The first-order valence-corrected chi connectivity index (χ1v) is 13.6. The van der Waals surface area contributed by atoms with Gasteiger partial charge in [-0.25, -0.2) is 0 Å². The number of carbonyl (C=O) groups excluding carboxylic acids is 3. The van der Waals surface area contributed by atoms with Crippen LogP contribution in [0.15, 0.2) is 42.5 Å². The molecule has 2 aromatic carbocycles. The van der Waals surface area contributed by atoms with Crippen LogP contribution in [0.25, 0.3) is 0 Å². The van der Waals surface area contributed by atoms with Gasteiger partial charge in [-0.15, -0.1) is 0 Å². The van der Waals surface area contributed by atoms with Crippen molar-refractivity contribution in [1.29, 1.82) is 0 Å². The molecule has 0 radical (unpaired) electrons. The molecule has 5 rings (SSSR count). The van der Waals surface area contributed by atoms with Crippen LogP contribution in [0.5, 0.6) is 0 Å². The predicted octanol–water partition coefficient (Wildman–Crippen LogP) is 3.48. The summed E-state index contributed by atoms with van der Waals surface area (Å²) in [6.45, 7) is 5.47. The van der Waals surface area contributed by atoms with E-state index in [1.54, 1.807) is 24.3 Å². The molecule has 0 unspecified atom stereocenters. The van der Waals surface area contributed by atoms with Gasteiger partial charge in [0.05, 0.1) is 11.4 Å². The number of halogens is 1. The quantitative estimate of drug-likeness (QED) is 0.627. The van der Waals surface area contributed by atoms with Crippen LogP contribution in [0.2, 0.25) is 5.02 Å². The minimum atomic E-state index is -0.0338. The summed E-state index contributed by atoms with van der Waals surface area (Å²) in [5, 5.41) is 7.00. The molecule has 9 heteroatoms. The predicted molar refractivity (Wildman–Crippen MR) is 145 cm³/mol. The molecule has 1 aliphatic carbocycles. The van der Waals surface area contributed by atoms with E-state index in [9.17, 15) is 14.4 Å². The number of benzene rings is 2. The van der Waals surface area contributed by atoms with Crippen LogP contribution in [0, 0.1) is 5.92 Å². The van der Waals surface area contributed by atoms with Crippen molar-refractivity contribution < 1.29 is 14.4 Å². The lowest BCUT2D eigenvalue weighted by atomic mass is 9.85. The van der Waals surface area contributed by atoms with Gasteiger partial charge in [0.1, 0.15) is 0 Å². The Labute approximate surface area is 222 Å². The number of carbonyl (C=O) groups is 3. The highest BCUT2D eigenvalue weighted by molar-refractivity contribution is 6.31. The van der Waals surface area contributed by atoms with Gasteiger partial charge in [-0.2, -0.15) is 0 Å². The fraction of sp³-hybridized carbons (Fsp3) is 0.464. The summed E-state index contributed by atoms with van der Waals surface area (Å²) in [4.78, 5) is 45.0. The van der Waals surface area contributed by atoms with E-state index in [0.717, 1.165) is 51.0 Å². The van der Waals surface area contributed by atoms with Crippen molar-refractivity contribution in [3.63, 3.8) is 0 Å². The Kier molecular flexibility index (Phi) is 7.96.